The molecule has 0 saturated carbocycles. The molecule has 0 heterocycles. The van der Waals surface area contributed by atoms with Gasteiger partial charge in [-0.1, -0.05) is 51.1 Å². The first kappa shape index (κ1) is 15.2. The molecule has 0 radical (unpaired) electrons. The molecule has 0 bridgehead atoms. The lowest BCUT2D eigenvalue weighted by atomic mass is 9.81. The van der Waals surface area contributed by atoms with Gasteiger partial charge >= 0.3 is 0 Å². The molecule has 0 saturated heterocycles. The van der Waals surface area contributed by atoms with Crippen molar-refractivity contribution < 1.29 is 0 Å². The zero-order valence-corrected chi connectivity index (χ0v) is 12.5. The smallest absolute Gasteiger partial charge is 0.0174 e. The lowest BCUT2D eigenvalue weighted by molar-refractivity contribution is 0.170. The van der Waals surface area contributed by atoms with E-state index in [1.807, 2.05) is 0 Å². The van der Waals surface area contributed by atoms with Crippen LogP contribution in [-0.2, 0) is 5.41 Å². The largest absolute Gasteiger partial charge is 0.330 e. The quantitative estimate of drug-likeness (QED) is 0.839. The zero-order chi connectivity index (χ0) is 13.8. The van der Waals surface area contributed by atoms with Gasteiger partial charge in [0.05, 0.1) is 0 Å². The van der Waals surface area contributed by atoms with Crippen LogP contribution in [0.2, 0.25) is 0 Å². The fraction of sp³-hybridized carbons (Fsp3) is 0.625. The third kappa shape index (κ3) is 3.56. The van der Waals surface area contributed by atoms with E-state index in [1.54, 1.807) is 0 Å². The predicted molar refractivity (Wildman–Crippen MR) is 79.8 cm³/mol. The Morgan fingerprint density at radius 3 is 2.17 bits per heavy atom. The molecule has 1 rings (SSSR count). The molecule has 2 heteroatoms. The Labute approximate surface area is 112 Å². The molecule has 0 aliphatic rings. The Morgan fingerprint density at radius 2 is 1.72 bits per heavy atom. The summed E-state index contributed by atoms with van der Waals surface area (Å²) in [7, 11) is 2.20. The van der Waals surface area contributed by atoms with Crippen LogP contribution < -0.4 is 5.73 Å². The standard InChI is InChI=1S/C16H28N2/c1-13(2)14(3)18(5)12-16(4,11-17)15-9-7-6-8-10-15/h6-10,13-14H,11-12,17H2,1-5H3. The SMILES string of the molecule is CC(C)C(C)N(C)CC(C)(CN)c1ccccc1. The van der Waals surface area contributed by atoms with Crippen LogP contribution in [0.5, 0.6) is 0 Å². The van der Waals surface area contributed by atoms with Gasteiger partial charge in [-0.05, 0) is 25.5 Å². The number of nitrogens with two attached hydrogens (primary N) is 1. The van der Waals surface area contributed by atoms with Gasteiger partial charge < -0.3 is 10.6 Å². The van der Waals surface area contributed by atoms with Crippen molar-refractivity contribution in [3.63, 3.8) is 0 Å². The molecule has 2 unspecified atom stereocenters. The van der Waals surface area contributed by atoms with E-state index in [9.17, 15) is 0 Å². The number of likely N-dealkylation sites (N-methyl/N-ethyl adjacent to an activating group) is 1. The van der Waals surface area contributed by atoms with Gasteiger partial charge in [-0.2, -0.15) is 0 Å². The summed E-state index contributed by atoms with van der Waals surface area (Å²) >= 11 is 0. The Balaban J connectivity index is 2.84. The maximum Gasteiger partial charge on any atom is 0.0174 e. The first-order chi connectivity index (χ1) is 8.40. The Bertz CT molecular complexity index is 347. The Morgan fingerprint density at radius 1 is 1.17 bits per heavy atom. The molecule has 0 aromatic heterocycles. The van der Waals surface area contributed by atoms with Crippen molar-refractivity contribution in [1.29, 1.82) is 0 Å². The van der Waals surface area contributed by atoms with Crippen molar-refractivity contribution >= 4 is 0 Å². The molecular weight excluding hydrogens is 220 g/mol. The van der Waals surface area contributed by atoms with Crippen molar-refractivity contribution in [3.8, 4) is 0 Å². The molecular formula is C16H28N2. The van der Waals surface area contributed by atoms with Gasteiger partial charge in [-0.25, -0.2) is 0 Å². The number of hydrogen-bond donors (Lipinski definition) is 1. The minimum atomic E-state index is 0.0269. The number of rotatable bonds is 6. The van der Waals surface area contributed by atoms with E-state index in [4.69, 9.17) is 5.73 Å². The molecule has 0 aliphatic carbocycles. The van der Waals surface area contributed by atoms with Crippen molar-refractivity contribution in [2.75, 3.05) is 20.1 Å². The lowest BCUT2D eigenvalue weighted by Crippen LogP contribution is -2.46. The molecule has 0 amide bonds. The van der Waals surface area contributed by atoms with E-state index in [1.165, 1.54) is 5.56 Å². The molecule has 1 aromatic rings. The first-order valence-corrected chi connectivity index (χ1v) is 6.86. The summed E-state index contributed by atoms with van der Waals surface area (Å²) in [6.45, 7) is 10.7. The van der Waals surface area contributed by atoms with E-state index < -0.39 is 0 Å². The summed E-state index contributed by atoms with van der Waals surface area (Å²) < 4.78 is 0. The highest BCUT2D eigenvalue weighted by Gasteiger charge is 2.28. The average molecular weight is 248 g/mol. The Hall–Kier alpha value is -0.860. The van der Waals surface area contributed by atoms with Gasteiger partial charge in [-0.3, -0.25) is 0 Å². The minimum Gasteiger partial charge on any atom is -0.330 e. The van der Waals surface area contributed by atoms with Crippen LogP contribution in [0.3, 0.4) is 0 Å². The van der Waals surface area contributed by atoms with Crippen molar-refractivity contribution in [2.45, 2.75) is 39.2 Å². The topological polar surface area (TPSA) is 29.3 Å². The van der Waals surface area contributed by atoms with Gasteiger partial charge in [0.25, 0.3) is 0 Å². The van der Waals surface area contributed by atoms with Crippen molar-refractivity contribution in [2.24, 2.45) is 11.7 Å². The molecule has 0 spiro atoms. The molecule has 102 valence electrons. The second-order valence-corrected chi connectivity index (χ2v) is 6.03. The minimum absolute atomic E-state index is 0.0269. The van der Waals surface area contributed by atoms with Gasteiger partial charge in [-0.15, -0.1) is 0 Å². The van der Waals surface area contributed by atoms with Gasteiger partial charge in [0.15, 0.2) is 0 Å². The van der Waals surface area contributed by atoms with Crippen LogP contribution in [0, 0.1) is 5.92 Å². The average Bonchev–Trinajstić information content (AvgIpc) is 2.38. The van der Waals surface area contributed by atoms with E-state index in [0.717, 1.165) is 6.54 Å². The van der Waals surface area contributed by atoms with Crippen molar-refractivity contribution in [1.82, 2.24) is 4.90 Å². The van der Waals surface area contributed by atoms with Crippen LogP contribution in [0.25, 0.3) is 0 Å². The third-order valence-corrected chi connectivity index (χ3v) is 4.18. The molecule has 2 N–H and O–H groups in total. The van der Waals surface area contributed by atoms with Crippen LogP contribution in [0.1, 0.15) is 33.3 Å². The molecule has 1 aromatic carbocycles. The molecule has 0 fully saturated rings. The number of hydrogen-bond acceptors (Lipinski definition) is 2. The van der Waals surface area contributed by atoms with Gasteiger partial charge in [0.1, 0.15) is 0 Å². The highest BCUT2D eigenvalue weighted by molar-refractivity contribution is 5.25. The summed E-state index contributed by atoms with van der Waals surface area (Å²) in [5.74, 6) is 0.660. The highest BCUT2D eigenvalue weighted by Crippen LogP contribution is 2.25. The predicted octanol–water partition coefficient (Wildman–Crippen LogP) is 2.88. The van der Waals surface area contributed by atoms with Gasteiger partial charge in [0.2, 0.25) is 0 Å². The van der Waals surface area contributed by atoms with Crippen LogP contribution in [-0.4, -0.2) is 31.1 Å². The second kappa shape index (κ2) is 6.35. The second-order valence-electron chi connectivity index (χ2n) is 6.03. The highest BCUT2D eigenvalue weighted by atomic mass is 15.1. The molecule has 18 heavy (non-hydrogen) atoms. The van der Waals surface area contributed by atoms with E-state index >= 15 is 0 Å². The van der Waals surface area contributed by atoms with Crippen molar-refractivity contribution in [3.05, 3.63) is 35.9 Å². The van der Waals surface area contributed by atoms with E-state index in [0.29, 0.717) is 18.5 Å². The number of nitrogens with zero attached hydrogens (tertiary/aromatic N) is 1. The van der Waals surface area contributed by atoms with E-state index in [2.05, 4.69) is 70.0 Å². The zero-order valence-electron chi connectivity index (χ0n) is 12.5. The lowest BCUT2D eigenvalue weighted by Gasteiger charge is -2.37. The molecule has 2 atom stereocenters. The summed E-state index contributed by atoms with van der Waals surface area (Å²) in [6.07, 6.45) is 0. The normalized spacial score (nSPS) is 16.9. The van der Waals surface area contributed by atoms with Crippen LogP contribution >= 0.6 is 0 Å². The maximum atomic E-state index is 6.04. The van der Waals surface area contributed by atoms with Gasteiger partial charge in [0, 0.05) is 24.5 Å². The summed E-state index contributed by atoms with van der Waals surface area (Å²) in [6, 6.07) is 11.2. The summed E-state index contributed by atoms with van der Waals surface area (Å²) in [5, 5.41) is 0. The van der Waals surface area contributed by atoms with Crippen LogP contribution in [0.15, 0.2) is 30.3 Å². The first-order valence-electron chi connectivity index (χ1n) is 6.86. The number of benzene rings is 1. The monoisotopic (exact) mass is 248 g/mol. The van der Waals surface area contributed by atoms with E-state index in [-0.39, 0.29) is 5.41 Å². The Kier molecular flexibility index (Phi) is 5.36. The third-order valence-electron chi connectivity index (χ3n) is 4.18. The fourth-order valence-electron chi connectivity index (χ4n) is 2.32. The molecule has 2 nitrogen and oxygen atoms in total. The summed E-state index contributed by atoms with van der Waals surface area (Å²) in [5.41, 5.74) is 7.39. The molecule has 0 aliphatic heterocycles. The summed E-state index contributed by atoms with van der Waals surface area (Å²) in [4.78, 5) is 2.42. The fourth-order valence-corrected chi connectivity index (χ4v) is 2.32. The van der Waals surface area contributed by atoms with Crippen LogP contribution in [0.4, 0.5) is 0 Å². The maximum absolute atomic E-state index is 6.04.